The molecule has 9 heteroatoms. The second-order valence-electron chi connectivity index (χ2n) is 9.70. The topological polar surface area (TPSA) is 139 Å². The van der Waals surface area contributed by atoms with Gasteiger partial charge in [-0.2, -0.15) is 0 Å². The fourth-order valence-electron chi connectivity index (χ4n) is 4.00. The molecule has 1 aliphatic heterocycles. The van der Waals surface area contributed by atoms with E-state index in [9.17, 15) is 19.2 Å². The molecule has 0 radical (unpaired) electrons. The molecule has 1 saturated carbocycles. The Balaban J connectivity index is 1.83. The van der Waals surface area contributed by atoms with Gasteiger partial charge in [0.1, 0.15) is 17.7 Å². The molecule has 0 spiro atoms. The maximum atomic E-state index is 13.1. The number of ether oxygens (including phenoxy) is 1. The van der Waals surface area contributed by atoms with Crippen LogP contribution in [0.15, 0.2) is 12.2 Å². The van der Waals surface area contributed by atoms with Gasteiger partial charge >= 0.3 is 12.1 Å². The molecule has 0 bridgehead atoms. The molecule has 9 nitrogen and oxygen atoms in total. The second-order valence-corrected chi connectivity index (χ2v) is 9.70. The summed E-state index contributed by atoms with van der Waals surface area (Å²) in [6.45, 7) is 5.70. The summed E-state index contributed by atoms with van der Waals surface area (Å²) < 4.78 is 5.31. The fourth-order valence-corrected chi connectivity index (χ4v) is 4.00. The third-order valence-electron chi connectivity index (χ3n) is 5.76. The van der Waals surface area contributed by atoms with E-state index < -0.39 is 35.7 Å². The molecule has 1 heterocycles. The number of carboxylic acids is 1. The zero-order valence-electron chi connectivity index (χ0n) is 19.3. The van der Waals surface area contributed by atoms with Crippen molar-refractivity contribution in [2.45, 2.75) is 89.8 Å². The number of hydrogen-bond acceptors (Lipinski definition) is 5. The molecule has 0 aromatic rings. The normalized spacial score (nSPS) is 23.7. The summed E-state index contributed by atoms with van der Waals surface area (Å²) in [6.07, 6.45) is 9.06. The predicted octanol–water partition coefficient (Wildman–Crippen LogP) is 2.58. The maximum Gasteiger partial charge on any atom is 0.408 e. The molecular weight excluding hydrogens is 414 g/mol. The van der Waals surface area contributed by atoms with Crippen LogP contribution in [-0.4, -0.2) is 58.1 Å². The molecule has 180 valence electrons. The fraction of sp³-hybridized carbons (Fsp3) is 0.739. The summed E-state index contributed by atoms with van der Waals surface area (Å²) >= 11 is 0. The van der Waals surface area contributed by atoms with Gasteiger partial charge in [0, 0.05) is 6.54 Å². The van der Waals surface area contributed by atoms with Crippen LogP contribution in [0.25, 0.3) is 0 Å². The highest BCUT2D eigenvalue weighted by molar-refractivity contribution is 5.91. The van der Waals surface area contributed by atoms with Gasteiger partial charge in [0.2, 0.25) is 11.8 Å². The summed E-state index contributed by atoms with van der Waals surface area (Å²) in [6, 6.07) is -1.41. The first-order valence-electron chi connectivity index (χ1n) is 11.5. The Labute approximate surface area is 189 Å². The molecule has 1 unspecified atom stereocenters. The van der Waals surface area contributed by atoms with Crippen molar-refractivity contribution >= 4 is 23.9 Å². The Morgan fingerprint density at radius 1 is 1.22 bits per heavy atom. The number of carbonyl (C=O) groups excluding carboxylic acids is 3. The van der Waals surface area contributed by atoms with Gasteiger partial charge in [0.15, 0.2) is 0 Å². The Bertz CT molecular complexity index is 730. The maximum absolute atomic E-state index is 13.1. The first-order valence-corrected chi connectivity index (χ1v) is 11.5. The van der Waals surface area contributed by atoms with E-state index in [0.29, 0.717) is 25.8 Å². The highest BCUT2D eigenvalue weighted by atomic mass is 16.6. The number of nitrogens with two attached hydrogens (primary N) is 1. The molecule has 1 aliphatic carbocycles. The first-order chi connectivity index (χ1) is 15.0. The lowest BCUT2D eigenvalue weighted by molar-refractivity contribution is -0.139. The van der Waals surface area contributed by atoms with Crippen LogP contribution >= 0.6 is 0 Å². The lowest BCUT2D eigenvalue weighted by Crippen LogP contribution is -2.53. The summed E-state index contributed by atoms with van der Waals surface area (Å²) in [4.78, 5) is 49.4. The van der Waals surface area contributed by atoms with Gasteiger partial charge in [-0.15, -0.1) is 0 Å². The Morgan fingerprint density at radius 2 is 1.94 bits per heavy atom. The van der Waals surface area contributed by atoms with Gasteiger partial charge in [-0.05, 0) is 65.2 Å². The van der Waals surface area contributed by atoms with Crippen molar-refractivity contribution in [2.24, 2.45) is 17.6 Å². The minimum Gasteiger partial charge on any atom is -0.481 e. The van der Waals surface area contributed by atoms with Crippen LogP contribution in [0.2, 0.25) is 0 Å². The summed E-state index contributed by atoms with van der Waals surface area (Å²) in [5.41, 5.74) is 4.76. The Hall–Kier alpha value is -2.58. The standard InChI is InChI=1S/C23H37N3O6/c1-23(2,3)32-22(31)25-17(20(28)26-13-9-12-18(26)19(24)27)11-8-6-4-5-7-10-15-14-16(15)21(29)30/h7,10,15-18H,4-6,8-9,11-14H2,1-3H3,(H2,24,27)(H,25,31)(H,29,30)/b10-7-/t15-,16+,17?,18+/m1/s1. The Kier molecular flexibility index (Phi) is 9.09. The van der Waals surface area contributed by atoms with Crippen LogP contribution in [0.1, 0.15) is 72.1 Å². The molecule has 2 fully saturated rings. The van der Waals surface area contributed by atoms with Crippen LogP contribution in [0, 0.1) is 11.8 Å². The number of rotatable bonds is 11. The van der Waals surface area contributed by atoms with Crippen LogP contribution in [0.5, 0.6) is 0 Å². The first kappa shape index (κ1) is 25.7. The number of unbranched alkanes of at least 4 members (excludes halogenated alkanes) is 3. The number of amides is 3. The molecular formula is C23H37N3O6. The van der Waals surface area contributed by atoms with Crippen molar-refractivity contribution in [3.63, 3.8) is 0 Å². The van der Waals surface area contributed by atoms with E-state index in [2.05, 4.69) is 5.32 Å². The number of aliphatic carboxylic acids is 1. The van der Waals surface area contributed by atoms with E-state index >= 15 is 0 Å². The third-order valence-corrected chi connectivity index (χ3v) is 5.76. The van der Waals surface area contributed by atoms with Gasteiger partial charge in [0.25, 0.3) is 0 Å². The van der Waals surface area contributed by atoms with Gasteiger partial charge < -0.3 is 25.8 Å². The van der Waals surface area contributed by atoms with Gasteiger partial charge in [-0.1, -0.05) is 25.0 Å². The average Bonchev–Trinajstić information content (AvgIpc) is 3.28. The molecule has 4 atom stereocenters. The summed E-state index contributed by atoms with van der Waals surface area (Å²) in [7, 11) is 0. The van der Waals surface area contributed by atoms with Crippen molar-refractivity contribution in [3.05, 3.63) is 12.2 Å². The monoisotopic (exact) mass is 451 g/mol. The van der Waals surface area contributed by atoms with Gasteiger partial charge in [0.05, 0.1) is 5.92 Å². The van der Waals surface area contributed by atoms with Crippen molar-refractivity contribution in [1.82, 2.24) is 10.2 Å². The number of allylic oxidation sites excluding steroid dienone is 2. The molecule has 3 amide bonds. The number of carbonyl (C=O) groups is 4. The largest absolute Gasteiger partial charge is 0.481 e. The number of hydrogen-bond donors (Lipinski definition) is 3. The smallest absolute Gasteiger partial charge is 0.408 e. The zero-order valence-corrected chi connectivity index (χ0v) is 19.3. The number of nitrogens with zero attached hydrogens (tertiary/aromatic N) is 1. The van der Waals surface area contributed by atoms with E-state index in [4.69, 9.17) is 15.6 Å². The Morgan fingerprint density at radius 3 is 2.53 bits per heavy atom. The number of primary amides is 1. The minimum atomic E-state index is -0.775. The minimum absolute atomic E-state index is 0.159. The van der Waals surface area contributed by atoms with Gasteiger partial charge in [-0.25, -0.2) is 4.79 Å². The lowest BCUT2D eigenvalue weighted by Gasteiger charge is -2.28. The molecule has 32 heavy (non-hydrogen) atoms. The van der Waals surface area contributed by atoms with E-state index in [1.807, 2.05) is 12.2 Å². The molecule has 1 saturated heterocycles. The zero-order chi connectivity index (χ0) is 23.9. The van der Waals surface area contributed by atoms with Crippen LogP contribution in [0.3, 0.4) is 0 Å². The highest BCUT2D eigenvalue weighted by Gasteiger charge is 2.41. The molecule has 0 aromatic carbocycles. The highest BCUT2D eigenvalue weighted by Crippen LogP contribution is 2.39. The van der Waals surface area contributed by atoms with Crippen molar-refractivity contribution in [2.75, 3.05) is 6.54 Å². The number of nitrogens with one attached hydrogen (secondary N) is 1. The third kappa shape index (κ3) is 8.16. The molecule has 0 aromatic heterocycles. The molecule has 4 N–H and O–H groups in total. The molecule has 2 aliphatic rings. The SMILES string of the molecule is CC(C)(C)OC(=O)NC(CCCCC/C=C\[C@@H]1C[C@@H]1C(=O)O)C(=O)N1CCC[C@H]1C(N)=O. The van der Waals surface area contributed by atoms with E-state index in [1.165, 1.54) is 4.90 Å². The lowest BCUT2D eigenvalue weighted by atomic mass is 10.0. The summed E-state index contributed by atoms with van der Waals surface area (Å²) in [5, 5.41) is 11.6. The quantitative estimate of drug-likeness (QED) is 0.326. The number of likely N-dealkylation sites (tertiary alicyclic amines) is 1. The average molecular weight is 452 g/mol. The van der Waals surface area contributed by atoms with Crippen molar-refractivity contribution in [3.8, 4) is 0 Å². The second kappa shape index (κ2) is 11.3. The predicted molar refractivity (Wildman–Crippen MR) is 119 cm³/mol. The van der Waals surface area contributed by atoms with E-state index in [1.54, 1.807) is 20.8 Å². The van der Waals surface area contributed by atoms with Crippen LogP contribution in [-0.2, 0) is 19.1 Å². The van der Waals surface area contributed by atoms with E-state index in [-0.39, 0.29) is 17.7 Å². The van der Waals surface area contributed by atoms with Crippen LogP contribution < -0.4 is 11.1 Å². The van der Waals surface area contributed by atoms with Crippen molar-refractivity contribution < 1.29 is 29.0 Å². The van der Waals surface area contributed by atoms with Gasteiger partial charge in [-0.3, -0.25) is 14.4 Å². The van der Waals surface area contributed by atoms with Crippen molar-refractivity contribution in [1.29, 1.82) is 0 Å². The molecule has 2 rings (SSSR count). The van der Waals surface area contributed by atoms with E-state index in [0.717, 1.165) is 32.1 Å². The number of alkyl carbamates (subject to hydrolysis) is 1. The number of carboxylic acid groups (broad SMARTS) is 1. The van der Waals surface area contributed by atoms with Crippen LogP contribution in [0.4, 0.5) is 4.79 Å². The summed E-state index contributed by atoms with van der Waals surface area (Å²) in [5.74, 6) is -1.63.